The number of amides is 2. The number of anilines is 1. The fraction of sp³-hybridized carbons (Fsp3) is 0.286. The Balaban J connectivity index is 2.10. The lowest BCUT2D eigenvalue weighted by Gasteiger charge is -2.32. The molecule has 0 aliphatic carbocycles. The molecule has 40 heavy (non-hydrogen) atoms. The van der Waals surface area contributed by atoms with Gasteiger partial charge in [0.05, 0.1) is 34.8 Å². The molecule has 3 rings (SSSR count). The Labute approximate surface area is 244 Å². The van der Waals surface area contributed by atoms with E-state index in [-0.39, 0.29) is 27.9 Å². The molecule has 0 radical (unpaired) electrons. The van der Waals surface area contributed by atoms with E-state index in [0.717, 1.165) is 9.87 Å². The predicted octanol–water partition coefficient (Wildman–Crippen LogP) is 4.68. The molecule has 1 atom stereocenters. The number of nitrogens with zero attached hydrogens (tertiary/aromatic N) is 2. The first-order valence-corrected chi connectivity index (χ1v) is 14.4. The number of ether oxygens (including phenoxy) is 2. The molecule has 0 aromatic heterocycles. The zero-order chi connectivity index (χ0) is 29.6. The topological polar surface area (TPSA) is 105 Å². The van der Waals surface area contributed by atoms with Crippen LogP contribution in [0.15, 0.2) is 65.6 Å². The van der Waals surface area contributed by atoms with Crippen molar-refractivity contribution in [3.8, 4) is 11.5 Å². The Kier molecular flexibility index (Phi) is 10.3. The third-order valence-electron chi connectivity index (χ3n) is 6.29. The van der Waals surface area contributed by atoms with Crippen molar-refractivity contribution in [1.82, 2.24) is 10.2 Å². The first kappa shape index (κ1) is 31.1. The average Bonchev–Trinajstić information content (AvgIpc) is 2.95. The molecule has 9 nitrogen and oxygen atoms in total. The smallest absolute Gasteiger partial charge is 0.264 e. The van der Waals surface area contributed by atoms with Gasteiger partial charge in [0.1, 0.15) is 12.6 Å². The van der Waals surface area contributed by atoms with Gasteiger partial charge >= 0.3 is 0 Å². The maximum atomic E-state index is 13.9. The van der Waals surface area contributed by atoms with Gasteiger partial charge in [0.2, 0.25) is 11.8 Å². The summed E-state index contributed by atoms with van der Waals surface area (Å²) in [7, 11) is 0.114. The highest BCUT2D eigenvalue weighted by molar-refractivity contribution is 7.92. The summed E-state index contributed by atoms with van der Waals surface area (Å²) in [6.45, 7) is 2.78. The van der Waals surface area contributed by atoms with Gasteiger partial charge in [-0.1, -0.05) is 47.0 Å². The quantitative estimate of drug-likeness (QED) is 0.339. The summed E-state index contributed by atoms with van der Waals surface area (Å²) >= 11 is 12.2. The summed E-state index contributed by atoms with van der Waals surface area (Å²) in [6.07, 6.45) is 0. The van der Waals surface area contributed by atoms with Crippen LogP contribution < -0.4 is 19.1 Å². The minimum Gasteiger partial charge on any atom is -0.493 e. The molecule has 0 spiro atoms. The van der Waals surface area contributed by atoms with Crippen LogP contribution in [0.2, 0.25) is 10.0 Å². The highest BCUT2D eigenvalue weighted by Gasteiger charge is 2.33. The Hall–Kier alpha value is -3.47. The van der Waals surface area contributed by atoms with Crippen LogP contribution >= 0.6 is 23.2 Å². The van der Waals surface area contributed by atoms with E-state index >= 15 is 0 Å². The van der Waals surface area contributed by atoms with E-state index in [1.54, 1.807) is 43.3 Å². The van der Waals surface area contributed by atoms with Gasteiger partial charge in [0.25, 0.3) is 10.0 Å². The van der Waals surface area contributed by atoms with E-state index in [0.29, 0.717) is 16.3 Å². The molecule has 214 valence electrons. The van der Waals surface area contributed by atoms with Crippen molar-refractivity contribution >= 4 is 50.7 Å². The van der Waals surface area contributed by atoms with Crippen LogP contribution in [-0.2, 0) is 26.2 Å². The van der Waals surface area contributed by atoms with Gasteiger partial charge < -0.3 is 19.7 Å². The Morgan fingerprint density at radius 3 is 2.15 bits per heavy atom. The number of nitrogens with one attached hydrogen (secondary N) is 1. The van der Waals surface area contributed by atoms with Gasteiger partial charge in [0.15, 0.2) is 11.5 Å². The number of carbonyl (C=O) groups is 2. The second-order valence-corrected chi connectivity index (χ2v) is 11.6. The fourth-order valence-electron chi connectivity index (χ4n) is 3.97. The summed E-state index contributed by atoms with van der Waals surface area (Å²) in [6, 6.07) is 14.8. The van der Waals surface area contributed by atoms with E-state index in [2.05, 4.69) is 5.32 Å². The van der Waals surface area contributed by atoms with E-state index in [9.17, 15) is 18.0 Å². The zero-order valence-corrected chi connectivity index (χ0v) is 25.1. The lowest BCUT2D eigenvalue weighted by Crippen LogP contribution is -2.50. The van der Waals surface area contributed by atoms with Crippen molar-refractivity contribution in [3.63, 3.8) is 0 Å². The van der Waals surface area contributed by atoms with Crippen LogP contribution in [0.25, 0.3) is 0 Å². The number of sulfonamides is 1. The number of halogens is 2. The van der Waals surface area contributed by atoms with Crippen LogP contribution in [-0.4, -0.2) is 59.0 Å². The van der Waals surface area contributed by atoms with Crippen molar-refractivity contribution in [3.05, 3.63) is 81.8 Å². The first-order valence-electron chi connectivity index (χ1n) is 12.2. The van der Waals surface area contributed by atoms with E-state index in [1.165, 1.54) is 50.4 Å². The molecule has 0 heterocycles. The molecule has 0 aliphatic rings. The number of hydrogen-bond acceptors (Lipinski definition) is 6. The normalized spacial score (nSPS) is 11.9. The summed E-state index contributed by atoms with van der Waals surface area (Å²) in [5.74, 6) is -0.372. The van der Waals surface area contributed by atoms with E-state index in [1.807, 2.05) is 6.92 Å². The second-order valence-electron chi connectivity index (χ2n) is 8.92. The lowest BCUT2D eigenvalue weighted by molar-refractivity contribution is -0.139. The van der Waals surface area contributed by atoms with Crippen molar-refractivity contribution in [2.75, 3.05) is 32.1 Å². The standard InChI is InChI=1S/C28H31Cl2N3O6S/c1-18-6-10-22(11-7-18)40(36,37)33(21-9-13-25(38-4)26(15-21)39-5)17-27(34)32(19(2)28(35)31-3)16-20-8-12-23(29)24(30)14-20/h6-15,19H,16-17H2,1-5H3,(H,31,35). The Bertz CT molecular complexity index is 1480. The molecule has 3 aromatic rings. The van der Waals surface area contributed by atoms with E-state index in [4.69, 9.17) is 32.7 Å². The molecule has 0 aliphatic heterocycles. The van der Waals surface area contributed by atoms with Crippen molar-refractivity contribution < 1.29 is 27.5 Å². The number of rotatable bonds is 11. The molecule has 3 aromatic carbocycles. The third-order valence-corrected chi connectivity index (χ3v) is 8.82. The Morgan fingerprint density at radius 1 is 0.925 bits per heavy atom. The minimum absolute atomic E-state index is 0.00364. The molecule has 0 saturated heterocycles. The molecule has 0 fully saturated rings. The highest BCUT2D eigenvalue weighted by Crippen LogP contribution is 2.34. The van der Waals surface area contributed by atoms with Gasteiger partial charge in [-0.05, 0) is 55.8 Å². The summed E-state index contributed by atoms with van der Waals surface area (Å²) in [4.78, 5) is 27.8. The van der Waals surface area contributed by atoms with Crippen molar-refractivity contribution in [2.24, 2.45) is 0 Å². The molecular weight excluding hydrogens is 577 g/mol. The second kappa shape index (κ2) is 13.3. The molecule has 0 bridgehead atoms. The van der Waals surface area contributed by atoms with Crippen LogP contribution in [0.3, 0.4) is 0 Å². The largest absolute Gasteiger partial charge is 0.493 e. The number of aryl methyl sites for hydroxylation is 1. The van der Waals surface area contributed by atoms with E-state index < -0.39 is 34.4 Å². The SMILES string of the molecule is CNC(=O)C(C)N(Cc1ccc(Cl)c(Cl)c1)C(=O)CN(c1ccc(OC)c(OC)c1)S(=O)(=O)c1ccc(C)cc1. The zero-order valence-electron chi connectivity index (χ0n) is 22.8. The van der Waals surface area contributed by atoms with Gasteiger partial charge in [-0.2, -0.15) is 0 Å². The minimum atomic E-state index is -4.23. The molecule has 0 saturated carbocycles. The molecule has 12 heteroatoms. The molecular formula is C28H31Cl2N3O6S. The lowest BCUT2D eigenvalue weighted by atomic mass is 10.1. The fourth-order valence-corrected chi connectivity index (χ4v) is 5.70. The first-order chi connectivity index (χ1) is 18.9. The number of carbonyl (C=O) groups excluding carboxylic acids is 2. The van der Waals surface area contributed by atoms with Crippen LogP contribution in [0.5, 0.6) is 11.5 Å². The van der Waals surface area contributed by atoms with Crippen molar-refractivity contribution in [2.45, 2.75) is 31.3 Å². The van der Waals surface area contributed by atoms with Gasteiger partial charge in [-0.15, -0.1) is 0 Å². The van der Waals surface area contributed by atoms with Gasteiger partial charge in [-0.3, -0.25) is 13.9 Å². The summed E-state index contributed by atoms with van der Waals surface area (Å²) in [5, 5.41) is 3.16. The number of hydrogen-bond donors (Lipinski definition) is 1. The number of benzene rings is 3. The van der Waals surface area contributed by atoms with Gasteiger partial charge in [-0.25, -0.2) is 8.42 Å². The molecule has 1 unspecified atom stereocenters. The predicted molar refractivity (Wildman–Crippen MR) is 156 cm³/mol. The summed E-state index contributed by atoms with van der Waals surface area (Å²) < 4.78 is 39.5. The molecule has 1 N–H and O–H groups in total. The van der Waals surface area contributed by atoms with Gasteiger partial charge in [0, 0.05) is 19.7 Å². The summed E-state index contributed by atoms with van der Waals surface area (Å²) in [5.41, 5.74) is 1.66. The Morgan fingerprint density at radius 2 is 1.57 bits per heavy atom. The van der Waals surface area contributed by atoms with Crippen LogP contribution in [0.1, 0.15) is 18.1 Å². The molecule has 2 amide bonds. The highest BCUT2D eigenvalue weighted by atomic mass is 35.5. The number of methoxy groups -OCH3 is 2. The monoisotopic (exact) mass is 607 g/mol. The number of likely N-dealkylation sites (N-methyl/N-ethyl adjacent to an activating group) is 1. The average molecular weight is 609 g/mol. The third kappa shape index (κ3) is 6.99. The van der Waals surface area contributed by atoms with Crippen LogP contribution in [0.4, 0.5) is 5.69 Å². The maximum Gasteiger partial charge on any atom is 0.264 e. The van der Waals surface area contributed by atoms with Crippen LogP contribution in [0, 0.1) is 6.92 Å². The maximum absolute atomic E-state index is 13.9. The van der Waals surface area contributed by atoms with Crippen molar-refractivity contribution in [1.29, 1.82) is 0 Å².